The number of rotatable bonds is 4. The van der Waals surface area contributed by atoms with Crippen LogP contribution in [0.5, 0.6) is 0 Å². The Morgan fingerprint density at radius 3 is 2.43 bits per heavy atom. The minimum Gasteiger partial charge on any atom is -0.347 e. The highest BCUT2D eigenvalue weighted by atomic mass is 32.2. The van der Waals surface area contributed by atoms with Crippen molar-refractivity contribution in [1.29, 1.82) is 0 Å². The van der Waals surface area contributed by atoms with E-state index >= 15 is 0 Å². The molecule has 1 aliphatic carbocycles. The molecule has 0 unspecified atom stereocenters. The van der Waals surface area contributed by atoms with Crippen LogP contribution in [0.25, 0.3) is 0 Å². The van der Waals surface area contributed by atoms with Gasteiger partial charge >= 0.3 is 0 Å². The van der Waals surface area contributed by atoms with Crippen molar-refractivity contribution < 1.29 is 13.2 Å². The van der Waals surface area contributed by atoms with Gasteiger partial charge in [0.05, 0.1) is 5.75 Å². The quantitative estimate of drug-likeness (QED) is 0.913. The third kappa shape index (κ3) is 4.47. The molecule has 0 aromatic carbocycles. The van der Waals surface area contributed by atoms with Crippen LogP contribution < -0.4 is 5.32 Å². The smallest absolute Gasteiger partial charge is 0.282 e. The topological polar surface area (TPSA) is 89.0 Å². The Labute approximate surface area is 129 Å². The van der Waals surface area contributed by atoms with Crippen LogP contribution in [0.4, 0.5) is 0 Å². The van der Waals surface area contributed by atoms with E-state index in [0.29, 0.717) is 0 Å². The average Bonchev–Trinajstić information content (AvgIpc) is 2.92. The lowest BCUT2D eigenvalue weighted by Gasteiger charge is -2.20. The molecule has 6 nitrogen and oxygen atoms in total. The summed E-state index contributed by atoms with van der Waals surface area (Å²) in [5.74, 6) is -0.345. The summed E-state index contributed by atoms with van der Waals surface area (Å²) in [6.45, 7) is 1.55. The molecule has 1 aromatic heterocycles. The summed E-state index contributed by atoms with van der Waals surface area (Å²) >= 11 is 0.848. The van der Waals surface area contributed by atoms with Crippen LogP contribution in [0.2, 0.25) is 0 Å². The van der Waals surface area contributed by atoms with E-state index < -0.39 is 9.84 Å². The van der Waals surface area contributed by atoms with E-state index in [4.69, 9.17) is 0 Å². The van der Waals surface area contributed by atoms with Crippen molar-refractivity contribution in [2.75, 3.05) is 5.75 Å². The lowest BCUT2D eigenvalue weighted by molar-refractivity contribution is 0.0929. The monoisotopic (exact) mass is 331 g/mol. The molecule has 2 rings (SSSR count). The summed E-state index contributed by atoms with van der Waals surface area (Å²) in [7, 11) is -3.39. The fourth-order valence-corrected chi connectivity index (χ4v) is 4.39. The van der Waals surface area contributed by atoms with Gasteiger partial charge in [0.25, 0.3) is 5.91 Å². The van der Waals surface area contributed by atoms with Crippen molar-refractivity contribution in [3.8, 4) is 0 Å². The number of carbonyl (C=O) groups excluding carboxylic acids is 1. The van der Waals surface area contributed by atoms with E-state index in [9.17, 15) is 13.2 Å². The van der Waals surface area contributed by atoms with Gasteiger partial charge in [-0.05, 0) is 12.8 Å². The zero-order valence-electron chi connectivity index (χ0n) is 12.2. The highest BCUT2D eigenvalue weighted by Crippen LogP contribution is 2.19. The summed E-state index contributed by atoms with van der Waals surface area (Å²) < 4.78 is 23.3. The van der Waals surface area contributed by atoms with Crippen molar-refractivity contribution >= 4 is 27.1 Å². The van der Waals surface area contributed by atoms with Gasteiger partial charge in [-0.2, -0.15) is 0 Å². The largest absolute Gasteiger partial charge is 0.347 e. The SMILES string of the molecule is CCS(=O)(=O)c1nnc(C(=O)NC2CCCCCCC2)s1. The summed E-state index contributed by atoms with van der Waals surface area (Å²) in [6, 6.07) is 0.160. The first-order valence-electron chi connectivity index (χ1n) is 7.40. The van der Waals surface area contributed by atoms with E-state index in [1.165, 1.54) is 19.3 Å². The van der Waals surface area contributed by atoms with Crippen molar-refractivity contribution in [1.82, 2.24) is 15.5 Å². The Morgan fingerprint density at radius 1 is 1.19 bits per heavy atom. The molecule has 1 N–H and O–H groups in total. The summed E-state index contributed by atoms with van der Waals surface area (Å²) in [4.78, 5) is 12.1. The van der Waals surface area contributed by atoms with Crippen LogP contribution in [0.3, 0.4) is 0 Å². The van der Waals surface area contributed by atoms with Gasteiger partial charge in [0.1, 0.15) is 0 Å². The number of amides is 1. The van der Waals surface area contributed by atoms with E-state index in [0.717, 1.165) is 37.0 Å². The second-order valence-corrected chi connectivity index (χ2v) is 8.72. The van der Waals surface area contributed by atoms with Crippen LogP contribution in [0.1, 0.15) is 61.7 Å². The minimum atomic E-state index is -3.39. The van der Waals surface area contributed by atoms with Crippen molar-refractivity contribution in [2.45, 2.75) is 62.3 Å². The lowest BCUT2D eigenvalue weighted by Crippen LogP contribution is -2.35. The number of hydrogen-bond acceptors (Lipinski definition) is 6. The highest BCUT2D eigenvalue weighted by molar-refractivity contribution is 7.93. The van der Waals surface area contributed by atoms with Crippen molar-refractivity contribution in [2.24, 2.45) is 0 Å². The van der Waals surface area contributed by atoms with Crippen LogP contribution in [-0.2, 0) is 9.84 Å². The van der Waals surface area contributed by atoms with Gasteiger partial charge in [-0.1, -0.05) is 50.4 Å². The first kappa shape index (κ1) is 16.4. The maximum atomic E-state index is 12.1. The maximum Gasteiger partial charge on any atom is 0.282 e. The summed E-state index contributed by atoms with van der Waals surface area (Å²) in [5.41, 5.74) is 0. The molecule has 1 amide bonds. The Hall–Kier alpha value is -1.02. The fraction of sp³-hybridized carbons (Fsp3) is 0.769. The molecule has 1 aromatic rings. The molecular formula is C13H21N3O3S2. The summed E-state index contributed by atoms with van der Waals surface area (Å²) in [5, 5.41) is 10.4. The molecule has 21 heavy (non-hydrogen) atoms. The standard InChI is InChI=1S/C13H21N3O3S2/c1-2-21(18,19)13-16-15-12(20-13)11(17)14-10-8-6-4-3-5-7-9-10/h10H,2-9H2,1H3,(H,14,17). The lowest BCUT2D eigenvalue weighted by atomic mass is 9.97. The normalized spacial score (nSPS) is 18.0. The third-order valence-electron chi connectivity index (χ3n) is 3.69. The van der Waals surface area contributed by atoms with Gasteiger partial charge in [0.15, 0.2) is 0 Å². The van der Waals surface area contributed by atoms with E-state index in [2.05, 4.69) is 15.5 Å². The van der Waals surface area contributed by atoms with Crippen molar-refractivity contribution in [3.63, 3.8) is 0 Å². The summed E-state index contributed by atoms with van der Waals surface area (Å²) in [6.07, 6.45) is 7.89. The zero-order chi connectivity index (χ0) is 15.3. The number of aromatic nitrogens is 2. The zero-order valence-corrected chi connectivity index (χ0v) is 13.8. The highest BCUT2D eigenvalue weighted by Gasteiger charge is 2.22. The molecule has 0 radical (unpaired) electrons. The van der Waals surface area contributed by atoms with Gasteiger partial charge in [0, 0.05) is 6.04 Å². The predicted molar refractivity (Wildman–Crippen MR) is 81.2 cm³/mol. The molecule has 0 atom stereocenters. The second kappa shape index (κ2) is 7.31. The molecule has 0 saturated heterocycles. The molecule has 0 bridgehead atoms. The number of nitrogens with one attached hydrogen (secondary N) is 1. The van der Waals surface area contributed by atoms with Gasteiger partial charge in [0.2, 0.25) is 19.2 Å². The number of sulfone groups is 1. The second-order valence-electron chi connectivity index (χ2n) is 5.29. The van der Waals surface area contributed by atoms with Crippen LogP contribution in [0.15, 0.2) is 4.34 Å². The third-order valence-corrected chi connectivity index (χ3v) is 6.79. The van der Waals surface area contributed by atoms with Crippen LogP contribution in [-0.4, -0.2) is 36.3 Å². The molecule has 1 saturated carbocycles. The molecule has 0 aliphatic heterocycles. The average molecular weight is 331 g/mol. The Bertz CT molecular complexity index is 575. The Balaban J connectivity index is 2.00. The molecule has 8 heteroatoms. The molecule has 0 spiro atoms. The number of carbonyl (C=O) groups is 1. The van der Waals surface area contributed by atoms with E-state index in [1.54, 1.807) is 6.92 Å². The van der Waals surface area contributed by atoms with Crippen LogP contribution in [0, 0.1) is 0 Å². The predicted octanol–water partition coefficient (Wildman–Crippen LogP) is 2.17. The Morgan fingerprint density at radius 2 is 1.81 bits per heavy atom. The van der Waals surface area contributed by atoms with Crippen molar-refractivity contribution in [3.05, 3.63) is 5.01 Å². The molecule has 1 heterocycles. The first-order valence-corrected chi connectivity index (χ1v) is 9.87. The van der Waals surface area contributed by atoms with Crippen LogP contribution >= 0.6 is 11.3 Å². The maximum absolute atomic E-state index is 12.1. The molecule has 1 aliphatic rings. The van der Waals surface area contributed by atoms with Gasteiger partial charge in [-0.3, -0.25) is 4.79 Å². The molecule has 1 fully saturated rings. The number of nitrogens with zero attached hydrogens (tertiary/aromatic N) is 2. The molecular weight excluding hydrogens is 310 g/mol. The number of hydrogen-bond donors (Lipinski definition) is 1. The fourth-order valence-electron chi connectivity index (χ4n) is 2.40. The first-order chi connectivity index (χ1) is 10.0. The van der Waals surface area contributed by atoms with Gasteiger partial charge in [-0.25, -0.2) is 8.42 Å². The molecule has 118 valence electrons. The van der Waals surface area contributed by atoms with E-state index in [1.807, 2.05) is 0 Å². The van der Waals surface area contributed by atoms with Gasteiger partial charge < -0.3 is 5.32 Å². The van der Waals surface area contributed by atoms with Gasteiger partial charge in [-0.15, -0.1) is 10.2 Å². The minimum absolute atomic E-state index is 0.0358. The Kier molecular flexibility index (Phi) is 5.69. The van der Waals surface area contributed by atoms with E-state index in [-0.39, 0.29) is 27.0 Å².